The Labute approximate surface area is 101 Å². The maximum absolute atomic E-state index is 5.17. The van der Waals surface area contributed by atoms with E-state index in [9.17, 15) is 0 Å². The molecule has 0 fully saturated rings. The van der Waals surface area contributed by atoms with Crippen LogP contribution in [0, 0.1) is 0 Å². The molecule has 1 aromatic heterocycles. The largest absolute Gasteiger partial charge is 0.493 e. The van der Waals surface area contributed by atoms with Crippen molar-refractivity contribution in [3.8, 4) is 5.75 Å². The predicted octanol–water partition coefficient (Wildman–Crippen LogP) is 2.18. The van der Waals surface area contributed by atoms with Crippen molar-refractivity contribution in [2.75, 3.05) is 12.4 Å². The standard InChI is InChI=1S/C11H17N3OS/c1-11(2,3)14-10(16)13-9-8(15-4)6-5-7-12-9/h5-7H,1-4H3,(H2,12,13,14,16). The first-order valence-corrected chi connectivity index (χ1v) is 5.41. The monoisotopic (exact) mass is 239 g/mol. The topological polar surface area (TPSA) is 46.2 Å². The van der Waals surface area contributed by atoms with Crippen LogP contribution in [-0.2, 0) is 0 Å². The molecule has 4 nitrogen and oxygen atoms in total. The predicted molar refractivity (Wildman–Crippen MR) is 69.9 cm³/mol. The second-order valence-corrected chi connectivity index (χ2v) is 4.79. The highest BCUT2D eigenvalue weighted by Gasteiger charge is 2.12. The second kappa shape index (κ2) is 5.12. The van der Waals surface area contributed by atoms with Crippen LogP contribution in [-0.4, -0.2) is 22.7 Å². The van der Waals surface area contributed by atoms with E-state index in [1.165, 1.54) is 0 Å². The molecule has 0 aliphatic heterocycles. The highest BCUT2D eigenvalue weighted by atomic mass is 32.1. The molecular weight excluding hydrogens is 222 g/mol. The first kappa shape index (κ1) is 12.7. The average molecular weight is 239 g/mol. The molecule has 0 saturated heterocycles. The number of ether oxygens (including phenoxy) is 1. The number of thiocarbonyl (C=S) groups is 1. The third-order valence-electron chi connectivity index (χ3n) is 1.71. The SMILES string of the molecule is COc1cccnc1NC(=S)NC(C)(C)C. The summed E-state index contributed by atoms with van der Waals surface area (Å²) in [4.78, 5) is 4.16. The molecule has 1 rings (SSSR count). The Morgan fingerprint density at radius 1 is 1.44 bits per heavy atom. The van der Waals surface area contributed by atoms with Crippen LogP contribution in [0.4, 0.5) is 5.82 Å². The van der Waals surface area contributed by atoms with E-state index in [2.05, 4.69) is 15.6 Å². The van der Waals surface area contributed by atoms with Gasteiger partial charge in [-0.2, -0.15) is 0 Å². The second-order valence-electron chi connectivity index (χ2n) is 4.38. The van der Waals surface area contributed by atoms with Crippen LogP contribution in [0.2, 0.25) is 0 Å². The fourth-order valence-corrected chi connectivity index (χ4v) is 1.53. The summed E-state index contributed by atoms with van der Waals surface area (Å²) in [5.41, 5.74) is -0.0773. The molecule has 2 N–H and O–H groups in total. The van der Waals surface area contributed by atoms with Crippen molar-refractivity contribution in [1.29, 1.82) is 0 Å². The van der Waals surface area contributed by atoms with E-state index >= 15 is 0 Å². The third-order valence-corrected chi connectivity index (χ3v) is 1.92. The van der Waals surface area contributed by atoms with Crippen LogP contribution >= 0.6 is 12.2 Å². The lowest BCUT2D eigenvalue weighted by Crippen LogP contribution is -2.43. The van der Waals surface area contributed by atoms with Crippen molar-refractivity contribution >= 4 is 23.1 Å². The van der Waals surface area contributed by atoms with Gasteiger partial charge in [0.1, 0.15) is 0 Å². The number of anilines is 1. The lowest BCUT2D eigenvalue weighted by atomic mass is 10.1. The first-order valence-electron chi connectivity index (χ1n) is 5.00. The Morgan fingerprint density at radius 3 is 2.69 bits per heavy atom. The van der Waals surface area contributed by atoms with Gasteiger partial charge in [0.25, 0.3) is 0 Å². The number of nitrogens with one attached hydrogen (secondary N) is 2. The third kappa shape index (κ3) is 4.02. The minimum absolute atomic E-state index is 0.0773. The summed E-state index contributed by atoms with van der Waals surface area (Å²) in [6.45, 7) is 6.11. The Kier molecular flexibility index (Phi) is 4.06. The summed E-state index contributed by atoms with van der Waals surface area (Å²) in [5.74, 6) is 1.28. The van der Waals surface area contributed by atoms with E-state index < -0.39 is 0 Å². The zero-order chi connectivity index (χ0) is 12.2. The van der Waals surface area contributed by atoms with Gasteiger partial charge in [-0.3, -0.25) is 0 Å². The van der Waals surface area contributed by atoms with Crippen molar-refractivity contribution in [1.82, 2.24) is 10.3 Å². The van der Waals surface area contributed by atoms with Crippen molar-refractivity contribution in [3.63, 3.8) is 0 Å². The maximum Gasteiger partial charge on any atom is 0.174 e. The highest BCUT2D eigenvalue weighted by Crippen LogP contribution is 2.19. The molecule has 0 aliphatic rings. The minimum Gasteiger partial charge on any atom is -0.493 e. The van der Waals surface area contributed by atoms with Gasteiger partial charge in [0.2, 0.25) is 0 Å². The van der Waals surface area contributed by atoms with Gasteiger partial charge in [-0.25, -0.2) is 4.98 Å². The Balaban J connectivity index is 2.70. The van der Waals surface area contributed by atoms with Gasteiger partial charge in [-0.1, -0.05) is 0 Å². The molecule has 0 bridgehead atoms. The summed E-state index contributed by atoms with van der Waals surface area (Å²) in [5, 5.41) is 6.68. The van der Waals surface area contributed by atoms with E-state index in [0.717, 1.165) is 0 Å². The van der Waals surface area contributed by atoms with Crippen LogP contribution in [0.1, 0.15) is 20.8 Å². The number of hydrogen-bond donors (Lipinski definition) is 2. The number of methoxy groups -OCH3 is 1. The number of pyridine rings is 1. The van der Waals surface area contributed by atoms with Crippen LogP contribution in [0.3, 0.4) is 0 Å². The molecular formula is C11H17N3OS. The normalized spacial score (nSPS) is 10.8. The van der Waals surface area contributed by atoms with Crippen molar-refractivity contribution in [2.45, 2.75) is 26.3 Å². The molecule has 5 heteroatoms. The zero-order valence-corrected chi connectivity index (χ0v) is 10.8. The van der Waals surface area contributed by atoms with E-state index in [1.54, 1.807) is 13.3 Å². The van der Waals surface area contributed by atoms with Crippen molar-refractivity contribution < 1.29 is 4.74 Å². The summed E-state index contributed by atoms with van der Waals surface area (Å²) < 4.78 is 5.16. The van der Waals surface area contributed by atoms with E-state index in [0.29, 0.717) is 16.7 Å². The fraction of sp³-hybridized carbons (Fsp3) is 0.455. The van der Waals surface area contributed by atoms with Crippen LogP contribution < -0.4 is 15.4 Å². The summed E-state index contributed by atoms with van der Waals surface area (Å²) in [6.07, 6.45) is 1.69. The van der Waals surface area contributed by atoms with Gasteiger partial charge in [0.05, 0.1) is 7.11 Å². The van der Waals surface area contributed by atoms with Crippen LogP contribution in [0.25, 0.3) is 0 Å². The van der Waals surface area contributed by atoms with Gasteiger partial charge in [0.15, 0.2) is 16.7 Å². The Hall–Kier alpha value is -1.36. The van der Waals surface area contributed by atoms with E-state index in [1.807, 2.05) is 32.9 Å². The quantitative estimate of drug-likeness (QED) is 0.775. The maximum atomic E-state index is 5.17. The van der Waals surface area contributed by atoms with E-state index in [4.69, 9.17) is 17.0 Å². The molecule has 0 unspecified atom stereocenters. The fourth-order valence-electron chi connectivity index (χ4n) is 1.13. The van der Waals surface area contributed by atoms with Crippen LogP contribution in [0.5, 0.6) is 5.75 Å². The van der Waals surface area contributed by atoms with E-state index in [-0.39, 0.29) is 5.54 Å². The van der Waals surface area contributed by atoms with Gasteiger partial charge < -0.3 is 15.4 Å². The Morgan fingerprint density at radius 2 is 2.12 bits per heavy atom. The lowest BCUT2D eigenvalue weighted by Gasteiger charge is -2.23. The molecule has 1 heterocycles. The molecule has 0 atom stereocenters. The average Bonchev–Trinajstić information content (AvgIpc) is 2.15. The lowest BCUT2D eigenvalue weighted by molar-refractivity contribution is 0.415. The molecule has 0 amide bonds. The molecule has 0 aliphatic carbocycles. The Bertz CT molecular complexity index is 374. The molecule has 0 spiro atoms. The van der Waals surface area contributed by atoms with Gasteiger partial charge >= 0.3 is 0 Å². The smallest absolute Gasteiger partial charge is 0.174 e. The minimum atomic E-state index is -0.0773. The first-order chi connectivity index (χ1) is 7.42. The van der Waals surface area contributed by atoms with Gasteiger partial charge in [-0.05, 0) is 45.1 Å². The van der Waals surface area contributed by atoms with Gasteiger partial charge in [0, 0.05) is 11.7 Å². The summed E-state index contributed by atoms with van der Waals surface area (Å²) in [6, 6.07) is 3.64. The molecule has 0 aromatic carbocycles. The summed E-state index contributed by atoms with van der Waals surface area (Å²) in [7, 11) is 1.60. The highest BCUT2D eigenvalue weighted by molar-refractivity contribution is 7.80. The molecule has 88 valence electrons. The van der Waals surface area contributed by atoms with Gasteiger partial charge in [-0.15, -0.1) is 0 Å². The summed E-state index contributed by atoms with van der Waals surface area (Å²) >= 11 is 5.17. The molecule has 1 aromatic rings. The number of nitrogens with zero attached hydrogens (tertiary/aromatic N) is 1. The molecule has 0 saturated carbocycles. The van der Waals surface area contributed by atoms with Crippen molar-refractivity contribution in [3.05, 3.63) is 18.3 Å². The molecule has 16 heavy (non-hydrogen) atoms. The number of hydrogen-bond acceptors (Lipinski definition) is 3. The zero-order valence-electron chi connectivity index (χ0n) is 10.00. The van der Waals surface area contributed by atoms with Crippen molar-refractivity contribution in [2.24, 2.45) is 0 Å². The van der Waals surface area contributed by atoms with Crippen LogP contribution in [0.15, 0.2) is 18.3 Å². The molecule has 0 radical (unpaired) electrons. The number of aromatic nitrogens is 1. The number of rotatable bonds is 2.